The van der Waals surface area contributed by atoms with E-state index in [-0.39, 0.29) is 10.8 Å². The van der Waals surface area contributed by atoms with Crippen molar-refractivity contribution in [2.45, 2.75) is 42.2 Å². The highest BCUT2D eigenvalue weighted by Gasteiger charge is 2.24. The number of benzene rings is 1. The largest absolute Gasteiger partial charge is 0.478 e. The molecule has 1 saturated carbocycles. The van der Waals surface area contributed by atoms with Gasteiger partial charge in [-0.3, -0.25) is 4.21 Å². The summed E-state index contributed by atoms with van der Waals surface area (Å²) in [6.45, 7) is 0. The fraction of sp³-hybridized carbons (Fsp3) is 0.462. The highest BCUT2D eigenvalue weighted by Crippen LogP contribution is 2.29. The van der Waals surface area contributed by atoms with E-state index in [1.807, 2.05) is 0 Å². The number of hydrogen-bond donors (Lipinski definition) is 1. The highest BCUT2D eigenvalue weighted by atomic mass is 79.9. The third-order valence-corrected chi connectivity index (χ3v) is 5.59. The molecular formula is C13H15BrO3S. The molecule has 0 spiro atoms. The maximum atomic E-state index is 12.5. The maximum absolute atomic E-state index is 12.5. The molecule has 2 rings (SSSR count). The quantitative estimate of drug-likeness (QED) is 0.921. The highest BCUT2D eigenvalue weighted by molar-refractivity contribution is 9.10. The van der Waals surface area contributed by atoms with Crippen LogP contribution in [-0.2, 0) is 10.8 Å². The first-order valence-corrected chi connectivity index (χ1v) is 8.03. The summed E-state index contributed by atoms with van der Waals surface area (Å²) < 4.78 is 13.3. The number of aromatic carboxylic acids is 1. The van der Waals surface area contributed by atoms with Gasteiger partial charge in [0.25, 0.3) is 0 Å². The molecule has 1 aromatic carbocycles. The van der Waals surface area contributed by atoms with Gasteiger partial charge in [-0.15, -0.1) is 0 Å². The van der Waals surface area contributed by atoms with Crippen molar-refractivity contribution < 1.29 is 14.1 Å². The Morgan fingerprint density at radius 2 is 1.94 bits per heavy atom. The average molecular weight is 331 g/mol. The lowest BCUT2D eigenvalue weighted by atomic mass is 10.0. The van der Waals surface area contributed by atoms with E-state index in [0.29, 0.717) is 4.90 Å². The molecule has 1 atom stereocenters. The van der Waals surface area contributed by atoms with Gasteiger partial charge < -0.3 is 5.11 Å². The van der Waals surface area contributed by atoms with Crippen LogP contribution in [0, 0.1) is 0 Å². The Bertz CT molecular complexity index is 481. The molecule has 0 heterocycles. The van der Waals surface area contributed by atoms with Gasteiger partial charge in [0.1, 0.15) is 0 Å². The molecule has 0 saturated heterocycles. The monoisotopic (exact) mass is 330 g/mol. The van der Waals surface area contributed by atoms with Gasteiger partial charge in [-0.1, -0.05) is 35.2 Å². The van der Waals surface area contributed by atoms with Crippen LogP contribution in [0.15, 0.2) is 27.6 Å². The number of carboxylic acids is 1. The van der Waals surface area contributed by atoms with Crippen molar-refractivity contribution in [2.75, 3.05) is 0 Å². The molecule has 1 unspecified atom stereocenters. The molecule has 0 amide bonds. The molecule has 0 aliphatic heterocycles. The second-order valence-corrected chi connectivity index (χ2v) is 7.12. The minimum atomic E-state index is -1.22. The summed E-state index contributed by atoms with van der Waals surface area (Å²) in [5, 5.41) is 9.26. The number of halogens is 1. The van der Waals surface area contributed by atoms with Gasteiger partial charge in [-0.2, -0.15) is 0 Å². The first kappa shape index (κ1) is 13.7. The molecule has 1 aromatic rings. The lowest BCUT2D eigenvalue weighted by molar-refractivity contribution is 0.0693. The van der Waals surface area contributed by atoms with Crippen LogP contribution < -0.4 is 0 Å². The van der Waals surface area contributed by atoms with Crippen LogP contribution in [0.2, 0.25) is 0 Å². The summed E-state index contributed by atoms with van der Waals surface area (Å²) in [4.78, 5) is 11.6. The van der Waals surface area contributed by atoms with Crippen LogP contribution in [0.3, 0.4) is 0 Å². The third-order valence-electron chi connectivity index (χ3n) is 3.25. The first-order valence-electron chi connectivity index (χ1n) is 6.03. The molecule has 0 bridgehead atoms. The molecule has 0 aromatic heterocycles. The number of rotatable bonds is 3. The topological polar surface area (TPSA) is 54.4 Å². The van der Waals surface area contributed by atoms with Crippen molar-refractivity contribution in [3.63, 3.8) is 0 Å². The Balaban J connectivity index is 2.33. The van der Waals surface area contributed by atoms with Crippen LogP contribution in [-0.4, -0.2) is 20.5 Å². The van der Waals surface area contributed by atoms with E-state index in [1.54, 1.807) is 12.1 Å². The zero-order valence-corrected chi connectivity index (χ0v) is 12.3. The van der Waals surface area contributed by atoms with Gasteiger partial charge in [0, 0.05) is 9.72 Å². The smallest absolute Gasteiger partial charge is 0.336 e. The molecule has 1 fully saturated rings. The fourth-order valence-electron chi connectivity index (χ4n) is 2.30. The molecule has 18 heavy (non-hydrogen) atoms. The van der Waals surface area contributed by atoms with Gasteiger partial charge in [0.15, 0.2) is 0 Å². The molecule has 0 radical (unpaired) electrons. The van der Waals surface area contributed by atoms with Crippen LogP contribution in [0.1, 0.15) is 42.5 Å². The first-order chi connectivity index (χ1) is 8.59. The lowest BCUT2D eigenvalue weighted by Gasteiger charge is -2.21. The minimum Gasteiger partial charge on any atom is -0.478 e. The van der Waals surface area contributed by atoms with E-state index in [4.69, 9.17) is 5.11 Å². The third kappa shape index (κ3) is 3.01. The van der Waals surface area contributed by atoms with Crippen molar-refractivity contribution in [3.8, 4) is 0 Å². The Morgan fingerprint density at radius 1 is 1.28 bits per heavy atom. The zero-order valence-electron chi connectivity index (χ0n) is 9.89. The van der Waals surface area contributed by atoms with Gasteiger partial charge in [-0.25, -0.2) is 4.79 Å². The van der Waals surface area contributed by atoms with E-state index in [1.165, 1.54) is 12.5 Å². The van der Waals surface area contributed by atoms with Crippen LogP contribution in [0.25, 0.3) is 0 Å². The number of carboxylic acid groups (broad SMARTS) is 1. The second-order valence-electron chi connectivity index (χ2n) is 4.50. The molecule has 5 heteroatoms. The Hall–Kier alpha value is -0.680. The van der Waals surface area contributed by atoms with Gasteiger partial charge in [0.2, 0.25) is 0 Å². The van der Waals surface area contributed by atoms with Gasteiger partial charge in [0.05, 0.1) is 21.3 Å². The summed E-state index contributed by atoms with van der Waals surface area (Å²) >= 11 is 3.31. The summed E-state index contributed by atoms with van der Waals surface area (Å²) in [6.07, 6.45) is 5.23. The number of hydrogen-bond acceptors (Lipinski definition) is 2. The predicted octanol–water partition coefficient (Wildman–Crippen LogP) is 3.59. The summed E-state index contributed by atoms with van der Waals surface area (Å²) in [7, 11) is -1.22. The van der Waals surface area contributed by atoms with Crippen LogP contribution in [0.4, 0.5) is 0 Å². The van der Waals surface area contributed by atoms with Gasteiger partial charge >= 0.3 is 5.97 Å². The molecule has 3 nitrogen and oxygen atoms in total. The van der Waals surface area contributed by atoms with Crippen molar-refractivity contribution in [1.82, 2.24) is 0 Å². The molecule has 1 aliphatic carbocycles. The molecule has 1 N–H and O–H groups in total. The Labute approximate surface area is 117 Å². The Kier molecular flexibility index (Phi) is 4.56. The lowest BCUT2D eigenvalue weighted by Crippen LogP contribution is -2.20. The zero-order chi connectivity index (χ0) is 13.1. The van der Waals surface area contributed by atoms with Crippen LogP contribution >= 0.6 is 15.9 Å². The van der Waals surface area contributed by atoms with E-state index >= 15 is 0 Å². The van der Waals surface area contributed by atoms with Crippen LogP contribution in [0.5, 0.6) is 0 Å². The summed E-state index contributed by atoms with van der Waals surface area (Å²) in [5.74, 6) is -1.01. The average Bonchev–Trinajstić information content (AvgIpc) is 2.38. The SMILES string of the molecule is O=C(O)c1ccc(Br)cc1S(=O)C1CCCCC1. The number of carbonyl (C=O) groups is 1. The van der Waals surface area contributed by atoms with E-state index in [9.17, 15) is 9.00 Å². The maximum Gasteiger partial charge on any atom is 0.336 e. The molecule has 98 valence electrons. The molecule has 1 aliphatic rings. The van der Waals surface area contributed by atoms with Gasteiger partial charge in [-0.05, 0) is 31.0 Å². The van der Waals surface area contributed by atoms with E-state index < -0.39 is 16.8 Å². The van der Waals surface area contributed by atoms with Crippen molar-refractivity contribution >= 4 is 32.7 Å². The van der Waals surface area contributed by atoms with Crippen molar-refractivity contribution in [2.24, 2.45) is 0 Å². The van der Waals surface area contributed by atoms with Crippen molar-refractivity contribution in [3.05, 3.63) is 28.2 Å². The fourth-order valence-corrected chi connectivity index (χ4v) is 4.55. The standard InChI is InChI=1S/C13H15BrO3S/c14-9-6-7-11(13(15)16)12(8-9)18(17)10-4-2-1-3-5-10/h6-8,10H,1-5H2,(H,15,16). The normalized spacial score (nSPS) is 18.5. The van der Waals surface area contributed by atoms with E-state index in [2.05, 4.69) is 15.9 Å². The molecular weight excluding hydrogens is 316 g/mol. The second kappa shape index (κ2) is 5.97. The summed E-state index contributed by atoms with van der Waals surface area (Å²) in [5.41, 5.74) is 0.155. The minimum absolute atomic E-state index is 0.103. The Morgan fingerprint density at radius 3 is 2.56 bits per heavy atom. The van der Waals surface area contributed by atoms with E-state index in [0.717, 1.165) is 30.2 Å². The van der Waals surface area contributed by atoms with Crippen molar-refractivity contribution in [1.29, 1.82) is 0 Å². The summed E-state index contributed by atoms with van der Waals surface area (Å²) in [6, 6.07) is 4.86. The predicted molar refractivity (Wildman–Crippen MR) is 74.4 cm³/mol.